The van der Waals surface area contributed by atoms with Gasteiger partial charge in [0.1, 0.15) is 28.6 Å². The van der Waals surface area contributed by atoms with Crippen molar-refractivity contribution in [2.45, 2.75) is 57.6 Å². The molecule has 1 aromatic carbocycles. The Morgan fingerprint density at radius 2 is 1.81 bits per heavy atom. The number of hydrogen-bond acceptors (Lipinski definition) is 9. The van der Waals surface area contributed by atoms with Crippen molar-refractivity contribution in [3.05, 3.63) is 45.2 Å². The van der Waals surface area contributed by atoms with Crippen molar-refractivity contribution in [3.63, 3.8) is 0 Å². The van der Waals surface area contributed by atoms with E-state index < -0.39 is 58.0 Å². The summed E-state index contributed by atoms with van der Waals surface area (Å²) in [7, 11) is 3.12. The quantitative estimate of drug-likeness (QED) is 0.348. The smallest absolute Gasteiger partial charge is 0.255 e. The predicted octanol–water partition coefficient (Wildman–Crippen LogP) is 1.05. The molecule has 0 aromatic heterocycles. The summed E-state index contributed by atoms with van der Waals surface area (Å²) in [4.78, 5) is 52.1. The molecule has 0 heterocycles. The lowest BCUT2D eigenvalue weighted by molar-refractivity contribution is -0.153. The lowest BCUT2D eigenvalue weighted by Gasteiger charge is -2.50. The van der Waals surface area contributed by atoms with Gasteiger partial charge in [-0.25, -0.2) is 0 Å². The third-order valence-corrected chi connectivity index (χ3v) is 8.02. The maximum Gasteiger partial charge on any atom is 0.255 e. The van der Waals surface area contributed by atoms with Crippen LogP contribution in [0, 0.1) is 11.8 Å². The molecule has 1 saturated carbocycles. The Balaban J connectivity index is 1.95. The van der Waals surface area contributed by atoms with E-state index in [2.05, 4.69) is 0 Å². The SMILES string of the molecule is CCc1cc(CCC(C)=O)c(O)c2c1CC1CC3C(N(C)C)C(=O)C(C(N)=O)=C(O)C3(O)C(=O)C1=C2O. The second-order valence-electron chi connectivity index (χ2n) is 10.4. The molecule has 37 heavy (non-hydrogen) atoms. The predicted molar refractivity (Wildman–Crippen MR) is 133 cm³/mol. The van der Waals surface area contributed by atoms with Gasteiger partial charge in [-0.2, -0.15) is 0 Å². The number of carbonyl (C=O) groups excluding carboxylic acids is 4. The minimum absolute atomic E-state index is 0.0434. The first kappa shape index (κ1) is 26.6. The van der Waals surface area contributed by atoms with Crippen molar-refractivity contribution in [1.82, 2.24) is 4.90 Å². The number of aromatic hydroxyl groups is 1. The number of nitrogens with zero attached hydrogens (tertiary/aromatic N) is 1. The topological polar surface area (TPSA) is 178 Å². The maximum atomic E-state index is 13.9. The molecule has 0 radical (unpaired) electrons. The highest BCUT2D eigenvalue weighted by molar-refractivity contribution is 6.24. The Morgan fingerprint density at radius 3 is 2.35 bits per heavy atom. The van der Waals surface area contributed by atoms with Crippen molar-refractivity contribution in [3.8, 4) is 5.75 Å². The molecule has 0 bridgehead atoms. The van der Waals surface area contributed by atoms with E-state index in [9.17, 15) is 39.6 Å². The van der Waals surface area contributed by atoms with Gasteiger partial charge in [-0.1, -0.05) is 13.0 Å². The van der Waals surface area contributed by atoms with Crippen LogP contribution in [0.1, 0.15) is 48.9 Å². The van der Waals surface area contributed by atoms with Gasteiger partial charge in [0.05, 0.1) is 11.6 Å². The monoisotopic (exact) mass is 512 g/mol. The number of aliphatic hydroxyl groups is 3. The van der Waals surface area contributed by atoms with Crippen LogP contribution >= 0.6 is 0 Å². The fourth-order valence-corrected chi connectivity index (χ4v) is 6.27. The molecule has 3 aliphatic rings. The van der Waals surface area contributed by atoms with Gasteiger partial charge in [0.15, 0.2) is 11.4 Å². The lowest BCUT2D eigenvalue weighted by atomic mass is 9.57. The van der Waals surface area contributed by atoms with Crippen molar-refractivity contribution < 1.29 is 39.6 Å². The highest BCUT2D eigenvalue weighted by Crippen LogP contribution is 2.53. The molecule has 4 rings (SSSR count). The number of likely N-dealkylation sites (N-methyl/N-ethyl adjacent to an activating group) is 1. The summed E-state index contributed by atoms with van der Waals surface area (Å²) in [5.74, 6) is -6.78. The number of phenols is 1. The number of Topliss-reactive ketones (excluding diaryl/α,β-unsaturated/α-hetero) is 3. The highest BCUT2D eigenvalue weighted by Gasteiger charge is 2.64. The van der Waals surface area contributed by atoms with E-state index in [4.69, 9.17) is 5.73 Å². The molecule has 6 N–H and O–H groups in total. The van der Waals surface area contributed by atoms with Crippen LogP contribution in [-0.4, -0.2) is 74.3 Å². The second kappa shape index (κ2) is 9.11. The van der Waals surface area contributed by atoms with Crippen LogP contribution in [0.3, 0.4) is 0 Å². The van der Waals surface area contributed by atoms with Gasteiger partial charge < -0.3 is 31.0 Å². The standard InChI is InChI=1S/C27H32N2O8/c1-5-12-8-13(7-6-11(2)30)21(31)18-15(12)9-14-10-16-20(29(3)4)23(33)19(26(28)36)25(35)27(16,37)24(34)17(14)22(18)32/h8,14,16,20,31-32,35,37H,5-7,9-10H2,1-4H3,(H2,28,36). The summed E-state index contributed by atoms with van der Waals surface area (Å²) < 4.78 is 0. The summed E-state index contributed by atoms with van der Waals surface area (Å²) in [5.41, 5.74) is 3.65. The van der Waals surface area contributed by atoms with Crippen LogP contribution in [0.25, 0.3) is 5.76 Å². The number of ketones is 3. The number of amides is 1. The third kappa shape index (κ3) is 3.77. The number of aliphatic hydroxyl groups excluding tert-OH is 2. The van der Waals surface area contributed by atoms with Crippen LogP contribution < -0.4 is 5.73 Å². The highest BCUT2D eigenvalue weighted by atomic mass is 16.3. The largest absolute Gasteiger partial charge is 0.508 e. The molecule has 4 unspecified atom stereocenters. The zero-order valence-corrected chi connectivity index (χ0v) is 21.3. The first-order valence-electron chi connectivity index (χ1n) is 12.3. The average molecular weight is 513 g/mol. The molecule has 4 atom stereocenters. The van der Waals surface area contributed by atoms with E-state index in [1.54, 1.807) is 20.2 Å². The Labute approximate surface area is 214 Å². The van der Waals surface area contributed by atoms with E-state index in [1.165, 1.54) is 11.8 Å². The van der Waals surface area contributed by atoms with Crippen molar-refractivity contribution in [2.24, 2.45) is 17.6 Å². The minimum atomic E-state index is -2.67. The molecule has 0 spiro atoms. The number of nitrogens with two attached hydrogens (primary N) is 1. The normalized spacial score (nSPS) is 27.2. The van der Waals surface area contributed by atoms with Crippen LogP contribution in [-0.2, 0) is 38.4 Å². The second-order valence-corrected chi connectivity index (χ2v) is 10.4. The molecule has 10 nitrogen and oxygen atoms in total. The van der Waals surface area contributed by atoms with Crippen molar-refractivity contribution in [2.75, 3.05) is 14.1 Å². The summed E-state index contributed by atoms with van der Waals surface area (Å²) in [6, 6.07) is 0.682. The molecule has 1 amide bonds. The number of benzene rings is 1. The Hall–Kier alpha value is -3.50. The van der Waals surface area contributed by atoms with Crippen LogP contribution in [0.15, 0.2) is 23.0 Å². The molecular formula is C27H32N2O8. The van der Waals surface area contributed by atoms with E-state index in [0.717, 1.165) is 5.56 Å². The fourth-order valence-electron chi connectivity index (χ4n) is 6.27. The zero-order valence-electron chi connectivity index (χ0n) is 21.3. The summed E-state index contributed by atoms with van der Waals surface area (Å²) in [6.45, 7) is 3.35. The van der Waals surface area contributed by atoms with Crippen LogP contribution in [0.5, 0.6) is 5.75 Å². The van der Waals surface area contributed by atoms with Gasteiger partial charge in [-0.3, -0.25) is 19.3 Å². The third-order valence-electron chi connectivity index (χ3n) is 8.02. The first-order chi connectivity index (χ1) is 17.3. The van der Waals surface area contributed by atoms with Gasteiger partial charge in [-0.05, 0) is 69.3 Å². The van der Waals surface area contributed by atoms with Gasteiger partial charge in [0, 0.05) is 17.9 Å². The molecule has 1 fully saturated rings. The Morgan fingerprint density at radius 1 is 1.16 bits per heavy atom. The summed E-state index contributed by atoms with van der Waals surface area (Å²) in [6.07, 6.45) is 1.28. The first-order valence-corrected chi connectivity index (χ1v) is 12.3. The van der Waals surface area contributed by atoms with Crippen molar-refractivity contribution in [1.29, 1.82) is 0 Å². The molecule has 0 aliphatic heterocycles. The van der Waals surface area contributed by atoms with Gasteiger partial charge in [0.25, 0.3) is 5.91 Å². The number of phenolic OH excluding ortho intramolecular Hbond substituents is 1. The number of hydrogen-bond donors (Lipinski definition) is 5. The maximum absolute atomic E-state index is 13.9. The average Bonchev–Trinajstić information content (AvgIpc) is 2.80. The van der Waals surface area contributed by atoms with E-state index >= 15 is 0 Å². The van der Waals surface area contributed by atoms with Crippen molar-refractivity contribution >= 4 is 29.0 Å². The van der Waals surface area contributed by atoms with E-state index in [-0.39, 0.29) is 48.4 Å². The summed E-state index contributed by atoms with van der Waals surface area (Å²) >= 11 is 0. The number of aryl methyl sites for hydroxylation is 2. The molecule has 1 aromatic rings. The zero-order chi connectivity index (χ0) is 27.6. The molecule has 3 aliphatic carbocycles. The minimum Gasteiger partial charge on any atom is -0.508 e. The summed E-state index contributed by atoms with van der Waals surface area (Å²) in [5, 5.41) is 45.0. The van der Waals surface area contributed by atoms with E-state index in [0.29, 0.717) is 17.5 Å². The van der Waals surface area contributed by atoms with Gasteiger partial charge in [0.2, 0.25) is 5.78 Å². The van der Waals surface area contributed by atoms with Gasteiger partial charge >= 0.3 is 0 Å². The molecule has 10 heteroatoms. The van der Waals surface area contributed by atoms with E-state index in [1.807, 2.05) is 6.92 Å². The van der Waals surface area contributed by atoms with Crippen LogP contribution in [0.2, 0.25) is 0 Å². The van der Waals surface area contributed by atoms with Gasteiger partial charge in [-0.15, -0.1) is 0 Å². The number of primary amides is 1. The Kier molecular flexibility index (Phi) is 6.54. The fraction of sp³-hybridized carbons (Fsp3) is 0.481. The molecule has 198 valence electrons. The number of rotatable bonds is 6. The lowest BCUT2D eigenvalue weighted by Crippen LogP contribution is -2.65. The Bertz CT molecular complexity index is 1310. The van der Waals surface area contributed by atoms with Crippen LogP contribution in [0.4, 0.5) is 0 Å². The number of fused-ring (bicyclic) bond motifs is 3. The molecule has 0 saturated heterocycles. The molecular weight excluding hydrogens is 480 g/mol. The number of carbonyl (C=O) groups is 4.